The van der Waals surface area contributed by atoms with Crippen molar-refractivity contribution in [2.24, 2.45) is 4.99 Å². The van der Waals surface area contributed by atoms with Crippen molar-refractivity contribution in [3.05, 3.63) is 59.9 Å². The third kappa shape index (κ3) is 9.12. The highest BCUT2D eigenvalue weighted by Crippen LogP contribution is 2.15. The van der Waals surface area contributed by atoms with Crippen molar-refractivity contribution in [2.75, 3.05) is 33.2 Å². The first-order valence-electron chi connectivity index (χ1n) is 10.5. The summed E-state index contributed by atoms with van der Waals surface area (Å²) in [7, 11) is 1.88. The minimum Gasteiger partial charge on any atom is -0.487 e. The number of nitrogens with zero attached hydrogens (tertiary/aromatic N) is 4. The molecular weight excluding hydrogens is 505 g/mol. The SMILES string of the molecule is CCNC(=NCc1cccc(OCc2ccccn2)c1)N(C)CC(=O)N(CC)CC.I. The first kappa shape index (κ1) is 26.7. The highest BCUT2D eigenvalue weighted by Gasteiger charge is 2.15. The molecule has 170 valence electrons. The van der Waals surface area contributed by atoms with Crippen molar-refractivity contribution in [1.82, 2.24) is 20.1 Å². The lowest BCUT2D eigenvalue weighted by Gasteiger charge is -2.25. The number of rotatable bonds is 10. The Morgan fingerprint density at radius 1 is 1.13 bits per heavy atom. The van der Waals surface area contributed by atoms with Gasteiger partial charge in [-0.2, -0.15) is 0 Å². The largest absolute Gasteiger partial charge is 0.487 e. The Morgan fingerprint density at radius 2 is 1.90 bits per heavy atom. The number of hydrogen-bond acceptors (Lipinski definition) is 4. The van der Waals surface area contributed by atoms with Crippen LogP contribution in [0.15, 0.2) is 53.7 Å². The van der Waals surface area contributed by atoms with Crippen LogP contribution in [0.4, 0.5) is 0 Å². The maximum Gasteiger partial charge on any atom is 0.242 e. The maximum atomic E-state index is 12.4. The zero-order valence-electron chi connectivity index (χ0n) is 18.9. The Morgan fingerprint density at radius 3 is 2.55 bits per heavy atom. The number of ether oxygens (including phenoxy) is 1. The van der Waals surface area contributed by atoms with Gasteiger partial charge in [0.15, 0.2) is 5.96 Å². The molecule has 0 atom stereocenters. The second kappa shape index (κ2) is 14.6. The number of carbonyl (C=O) groups excluding carboxylic acids is 1. The summed E-state index contributed by atoms with van der Waals surface area (Å²) in [6.45, 7) is 9.36. The number of carbonyl (C=O) groups is 1. The van der Waals surface area contributed by atoms with E-state index in [-0.39, 0.29) is 29.9 Å². The van der Waals surface area contributed by atoms with Crippen molar-refractivity contribution in [3.8, 4) is 5.75 Å². The van der Waals surface area contributed by atoms with Crippen molar-refractivity contribution in [2.45, 2.75) is 33.9 Å². The molecule has 1 N–H and O–H groups in total. The lowest BCUT2D eigenvalue weighted by atomic mass is 10.2. The predicted molar refractivity (Wildman–Crippen MR) is 136 cm³/mol. The first-order valence-corrected chi connectivity index (χ1v) is 10.5. The van der Waals surface area contributed by atoms with Gasteiger partial charge in [-0.3, -0.25) is 9.78 Å². The van der Waals surface area contributed by atoms with Gasteiger partial charge in [0.1, 0.15) is 12.4 Å². The molecule has 0 aliphatic rings. The van der Waals surface area contributed by atoms with Crippen molar-refractivity contribution in [1.29, 1.82) is 0 Å². The second-order valence-corrected chi connectivity index (χ2v) is 6.85. The molecule has 2 rings (SSSR count). The molecular formula is C23H34IN5O2. The van der Waals surface area contributed by atoms with E-state index in [1.165, 1.54) is 0 Å². The van der Waals surface area contributed by atoms with Crippen LogP contribution in [0.1, 0.15) is 32.0 Å². The highest BCUT2D eigenvalue weighted by molar-refractivity contribution is 14.0. The van der Waals surface area contributed by atoms with Gasteiger partial charge < -0.3 is 19.9 Å². The minimum absolute atomic E-state index is 0. The topological polar surface area (TPSA) is 70.1 Å². The number of aliphatic imine (C=N–C) groups is 1. The van der Waals surface area contributed by atoms with Gasteiger partial charge in [-0.25, -0.2) is 4.99 Å². The van der Waals surface area contributed by atoms with E-state index in [0.717, 1.165) is 23.6 Å². The molecule has 0 aliphatic heterocycles. The molecule has 31 heavy (non-hydrogen) atoms. The Kier molecular flexibility index (Phi) is 12.6. The zero-order valence-corrected chi connectivity index (χ0v) is 21.2. The van der Waals surface area contributed by atoms with Crippen LogP contribution in [0.5, 0.6) is 5.75 Å². The fourth-order valence-electron chi connectivity index (χ4n) is 2.96. The lowest BCUT2D eigenvalue weighted by Crippen LogP contribution is -2.45. The summed E-state index contributed by atoms with van der Waals surface area (Å²) in [5.41, 5.74) is 1.92. The second-order valence-electron chi connectivity index (χ2n) is 6.85. The van der Waals surface area contributed by atoms with Crippen molar-refractivity contribution >= 4 is 35.8 Å². The zero-order chi connectivity index (χ0) is 21.8. The summed E-state index contributed by atoms with van der Waals surface area (Å²) < 4.78 is 5.85. The van der Waals surface area contributed by atoms with E-state index < -0.39 is 0 Å². The van der Waals surface area contributed by atoms with Gasteiger partial charge >= 0.3 is 0 Å². The molecule has 0 unspecified atom stereocenters. The maximum absolute atomic E-state index is 12.4. The Bertz CT molecular complexity index is 813. The van der Waals surface area contributed by atoms with Crippen LogP contribution >= 0.6 is 24.0 Å². The highest BCUT2D eigenvalue weighted by atomic mass is 127. The standard InChI is InChI=1S/C23H33N5O2.HI/c1-5-24-23(27(4)17-22(29)28(6-2)7-3)26-16-19-11-10-13-21(15-19)30-18-20-12-8-9-14-25-20;/h8-15H,5-7,16-18H2,1-4H3,(H,24,26);1H. The fourth-order valence-corrected chi connectivity index (χ4v) is 2.96. The number of likely N-dealkylation sites (N-methyl/N-ethyl adjacent to an activating group) is 2. The molecule has 8 heteroatoms. The molecule has 2 aromatic rings. The first-order chi connectivity index (χ1) is 14.6. The average molecular weight is 539 g/mol. The summed E-state index contributed by atoms with van der Waals surface area (Å²) in [5.74, 6) is 1.58. The third-order valence-corrected chi connectivity index (χ3v) is 4.61. The Labute approximate surface area is 202 Å². The van der Waals surface area contributed by atoms with E-state index in [4.69, 9.17) is 9.73 Å². The molecule has 0 radical (unpaired) electrons. The molecule has 1 aromatic heterocycles. The van der Waals surface area contributed by atoms with Crippen LogP contribution in [-0.4, -0.2) is 59.9 Å². The van der Waals surface area contributed by atoms with Crippen LogP contribution in [0.2, 0.25) is 0 Å². The normalized spacial score (nSPS) is 10.8. The summed E-state index contributed by atoms with van der Waals surface area (Å²) >= 11 is 0. The van der Waals surface area contributed by atoms with Gasteiger partial charge in [-0.05, 0) is 50.6 Å². The van der Waals surface area contributed by atoms with E-state index in [2.05, 4.69) is 10.3 Å². The van der Waals surface area contributed by atoms with Gasteiger partial charge in [-0.15, -0.1) is 24.0 Å². The molecule has 7 nitrogen and oxygen atoms in total. The monoisotopic (exact) mass is 539 g/mol. The van der Waals surface area contributed by atoms with Crippen LogP contribution < -0.4 is 10.1 Å². The average Bonchev–Trinajstić information content (AvgIpc) is 2.77. The van der Waals surface area contributed by atoms with Gasteiger partial charge in [0.05, 0.1) is 18.8 Å². The Balaban J connectivity index is 0.00000480. The van der Waals surface area contributed by atoms with E-state index >= 15 is 0 Å². The van der Waals surface area contributed by atoms with Gasteiger partial charge in [-0.1, -0.05) is 18.2 Å². The number of nitrogens with one attached hydrogen (secondary N) is 1. The molecule has 0 saturated heterocycles. The molecule has 1 amide bonds. The quantitative estimate of drug-likeness (QED) is 0.284. The third-order valence-electron chi connectivity index (χ3n) is 4.61. The summed E-state index contributed by atoms with van der Waals surface area (Å²) in [5, 5.41) is 3.26. The van der Waals surface area contributed by atoms with Crippen LogP contribution in [-0.2, 0) is 17.9 Å². The summed E-state index contributed by atoms with van der Waals surface area (Å²) in [6.07, 6.45) is 1.76. The van der Waals surface area contributed by atoms with Gasteiger partial charge in [0, 0.05) is 32.9 Å². The lowest BCUT2D eigenvalue weighted by molar-refractivity contribution is -0.131. The molecule has 0 spiro atoms. The summed E-state index contributed by atoms with van der Waals surface area (Å²) in [6, 6.07) is 13.7. The van der Waals surface area contributed by atoms with E-state index in [1.807, 2.05) is 80.1 Å². The predicted octanol–water partition coefficient (Wildman–Crippen LogP) is 3.54. The minimum atomic E-state index is 0. The van der Waals surface area contributed by atoms with Crippen LogP contribution in [0.25, 0.3) is 0 Å². The van der Waals surface area contributed by atoms with Crippen molar-refractivity contribution in [3.63, 3.8) is 0 Å². The van der Waals surface area contributed by atoms with Gasteiger partial charge in [0.25, 0.3) is 0 Å². The number of amides is 1. The molecule has 0 fully saturated rings. The Hall–Kier alpha value is -2.36. The van der Waals surface area contributed by atoms with E-state index in [9.17, 15) is 4.79 Å². The smallest absolute Gasteiger partial charge is 0.242 e. The number of halogens is 1. The van der Waals surface area contributed by atoms with Crippen LogP contribution in [0.3, 0.4) is 0 Å². The number of pyridine rings is 1. The number of guanidine groups is 1. The number of aromatic nitrogens is 1. The fraction of sp³-hybridized carbons (Fsp3) is 0.435. The number of hydrogen-bond donors (Lipinski definition) is 1. The van der Waals surface area contributed by atoms with Crippen LogP contribution in [0, 0.1) is 0 Å². The molecule has 0 aliphatic carbocycles. The summed E-state index contributed by atoms with van der Waals surface area (Å²) in [4.78, 5) is 25.1. The van der Waals surface area contributed by atoms with E-state index in [1.54, 1.807) is 6.20 Å². The molecule has 1 aromatic carbocycles. The molecule has 0 bridgehead atoms. The molecule has 1 heterocycles. The van der Waals surface area contributed by atoms with Crippen molar-refractivity contribution < 1.29 is 9.53 Å². The molecule has 0 saturated carbocycles. The number of benzene rings is 1. The van der Waals surface area contributed by atoms with Gasteiger partial charge in [0.2, 0.25) is 5.91 Å². The van der Waals surface area contributed by atoms with E-state index in [0.29, 0.717) is 38.7 Å².